The van der Waals surface area contributed by atoms with Crippen molar-refractivity contribution in [1.82, 2.24) is 9.97 Å². The van der Waals surface area contributed by atoms with Crippen molar-refractivity contribution in [2.75, 3.05) is 5.32 Å². The van der Waals surface area contributed by atoms with Crippen molar-refractivity contribution in [3.63, 3.8) is 0 Å². The van der Waals surface area contributed by atoms with E-state index in [9.17, 15) is 4.79 Å². The first kappa shape index (κ1) is 11.2. The molecule has 0 aliphatic carbocycles. The molecular formula is C7H7BrClN3O2. The number of rotatable bonds is 3. The molecule has 0 aromatic carbocycles. The Kier molecular flexibility index (Phi) is 3.65. The summed E-state index contributed by atoms with van der Waals surface area (Å²) in [5, 5.41) is 11.4. The van der Waals surface area contributed by atoms with Gasteiger partial charge in [0, 0.05) is 6.20 Å². The normalized spacial score (nSPS) is 12.2. The molecule has 1 unspecified atom stereocenters. The van der Waals surface area contributed by atoms with Crippen LogP contribution in [0.1, 0.15) is 6.92 Å². The second kappa shape index (κ2) is 4.56. The Morgan fingerprint density at radius 2 is 2.43 bits per heavy atom. The predicted octanol–water partition coefficient (Wildman–Crippen LogP) is 1.78. The highest BCUT2D eigenvalue weighted by Crippen LogP contribution is 2.20. The van der Waals surface area contributed by atoms with Gasteiger partial charge >= 0.3 is 5.97 Å². The zero-order chi connectivity index (χ0) is 10.7. The molecule has 1 atom stereocenters. The maximum Gasteiger partial charge on any atom is 0.325 e. The molecule has 2 N–H and O–H groups in total. The number of carboxylic acid groups (broad SMARTS) is 1. The van der Waals surface area contributed by atoms with Gasteiger partial charge < -0.3 is 10.4 Å². The smallest absolute Gasteiger partial charge is 0.325 e. The molecule has 0 aliphatic rings. The molecule has 0 fully saturated rings. The van der Waals surface area contributed by atoms with Crippen LogP contribution in [0.2, 0.25) is 5.28 Å². The third kappa shape index (κ3) is 2.81. The van der Waals surface area contributed by atoms with Gasteiger partial charge in [-0.1, -0.05) is 0 Å². The Morgan fingerprint density at radius 1 is 1.79 bits per heavy atom. The largest absolute Gasteiger partial charge is 0.480 e. The molecule has 0 radical (unpaired) electrons. The number of aliphatic carboxylic acids is 1. The molecule has 76 valence electrons. The van der Waals surface area contributed by atoms with Gasteiger partial charge in [-0.25, -0.2) is 4.98 Å². The first-order chi connectivity index (χ1) is 6.50. The number of nitrogens with zero attached hydrogens (tertiary/aromatic N) is 2. The first-order valence-electron chi connectivity index (χ1n) is 3.68. The highest BCUT2D eigenvalue weighted by molar-refractivity contribution is 9.10. The molecule has 1 aromatic rings. The predicted molar refractivity (Wildman–Crippen MR) is 55.5 cm³/mol. The highest BCUT2D eigenvalue weighted by Gasteiger charge is 2.13. The lowest BCUT2D eigenvalue weighted by Crippen LogP contribution is -2.26. The Balaban J connectivity index is 2.85. The third-order valence-electron chi connectivity index (χ3n) is 1.44. The van der Waals surface area contributed by atoms with Crippen LogP contribution in [-0.2, 0) is 4.79 Å². The highest BCUT2D eigenvalue weighted by atomic mass is 79.9. The summed E-state index contributed by atoms with van der Waals surface area (Å²) in [6.07, 6.45) is 1.45. The minimum absolute atomic E-state index is 0.0632. The van der Waals surface area contributed by atoms with Crippen LogP contribution in [0.3, 0.4) is 0 Å². The summed E-state index contributed by atoms with van der Waals surface area (Å²) in [4.78, 5) is 18.1. The van der Waals surface area contributed by atoms with Crippen LogP contribution in [-0.4, -0.2) is 27.1 Å². The molecule has 0 saturated heterocycles. The van der Waals surface area contributed by atoms with Crippen LogP contribution < -0.4 is 5.32 Å². The summed E-state index contributed by atoms with van der Waals surface area (Å²) in [5.74, 6) is -0.605. The molecule has 1 aromatic heterocycles. The fourth-order valence-corrected chi connectivity index (χ4v) is 1.15. The first-order valence-corrected chi connectivity index (χ1v) is 4.85. The molecule has 5 nitrogen and oxygen atoms in total. The van der Waals surface area contributed by atoms with Crippen molar-refractivity contribution in [2.45, 2.75) is 13.0 Å². The Bertz CT molecular complexity index is 361. The Labute approximate surface area is 93.6 Å². The summed E-state index contributed by atoms with van der Waals surface area (Å²) >= 11 is 8.72. The van der Waals surface area contributed by atoms with Crippen LogP contribution in [0.25, 0.3) is 0 Å². The lowest BCUT2D eigenvalue weighted by Gasteiger charge is -2.10. The fraction of sp³-hybridized carbons (Fsp3) is 0.286. The number of anilines is 1. The van der Waals surface area contributed by atoms with Gasteiger partial charge in [-0.15, -0.1) is 0 Å². The lowest BCUT2D eigenvalue weighted by molar-refractivity contribution is -0.137. The number of hydrogen-bond acceptors (Lipinski definition) is 4. The maximum absolute atomic E-state index is 10.5. The average Bonchev–Trinajstić information content (AvgIpc) is 2.11. The van der Waals surface area contributed by atoms with Gasteiger partial charge in [0.05, 0.1) is 4.47 Å². The molecule has 14 heavy (non-hydrogen) atoms. The number of hydrogen-bond donors (Lipinski definition) is 2. The van der Waals surface area contributed by atoms with Crippen molar-refractivity contribution in [2.24, 2.45) is 0 Å². The van der Waals surface area contributed by atoms with E-state index < -0.39 is 12.0 Å². The van der Waals surface area contributed by atoms with Gasteiger partial charge in [-0.2, -0.15) is 4.98 Å². The van der Waals surface area contributed by atoms with Gasteiger partial charge in [0.15, 0.2) is 0 Å². The third-order valence-corrected chi connectivity index (χ3v) is 2.20. The van der Waals surface area contributed by atoms with Crippen molar-refractivity contribution in [3.05, 3.63) is 16.0 Å². The number of carboxylic acids is 1. The van der Waals surface area contributed by atoms with Gasteiger partial charge in [-0.3, -0.25) is 4.79 Å². The van der Waals surface area contributed by atoms with Crippen molar-refractivity contribution >= 4 is 39.3 Å². The van der Waals surface area contributed by atoms with Gasteiger partial charge in [0.2, 0.25) is 5.28 Å². The second-order valence-corrected chi connectivity index (χ2v) is 3.73. The molecule has 0 aliphatic heterocycles. The molecular weight excluding hydrogens is 273 g/mol. The van der Waals surface area contributed by atoms with Crippen LogP contribution in [0.4, 0.5) is 5.82 Å². The summed E-state index contributed by atoms with van der Waals surface area (Å²) in [5.41, 5.74) is 0. The second-order valence-electron chi connectivity index (χ2n) is 2.54. The molecule has 0 amide bonds. The van der Waals surface area contributed by atoms with Gasteiger partial charge in [-0.05, 0) is 34.5 Å². The SMILES string of the molecule is CC(Nc1nc(Cl)ncc1Br)C(=O)O. The maximum atomic E-state index is 10.5. The average molecular weight is 281 g/mol. The summed E-state index contributed by atoms with van der Waals surface area (Å²) in [6.45, 7) is 1.50. The molecule has 1 rings (SSSR count). The molecule has 0 spiro atoms. The minimum Gasteiger partial charge on any atom is -0.480 e. The number of halogens is 2. The van der Waals surface area contributed by atoms with E-state index in [-0.39, 0.29) is 5.28 Å². The summed E-state index contributed by atoms with van der Waals surface area (Å²) < 4.78 is 0.565. The van der Waals surface area contributed by atoms with Gasteiger partial charge in [0.25, 0.3) is 0 Å². The minimum atomic E-state index is -0.966. The van der Waals surface area contributed by atoms with E-state index in [1.54, 1.807) is 0 Å². The fourth-order valence-electron chi connectivity index (χ4n) is 0.714. The van der Waals surface area contributed by atoms with Crippen LogP contribution in [0.5, 0.6) is 0 Å². The van der Waals surface area contributed by atoms with Crippen LogP contribution in [0.15, 0.2) is 10.7 Å². The van der Waals surface area contributed by atoms with E-state index in [2.05, 4.69) is 31.2 Å². The van der Waals surface area contributed by atoms with Crippen molar-refractivity contribution < 1.29 is 9.90 Å². The standard InChI is InChI=1S/C7H7BrClN3O2/c1-3(6(13)14)11-5-4(8)2-10-7(9)12-5/h2-3H,1H3,(H,13,14)(H,10,11,12). The quantitative estimate of drug-likeness (QED) is 0.826. The molecule has 0 bridgehead atoms. The van der Waals surface area contributed by atoms with Crippen LogP contribution in [0, 0.1) is 0 Å². The number of nitrogens with one attached hydrogen (secondary N) is 1. The van der Waals surface area contributed by atoms with E-state index in [4.69, 9.17) is 16.7 Å². The number of carbonyl (C=O) groups is 1. The van der Waals surface area contributed by atoms with E-state index >= 15 is 0 Å². The van der Waals surface area contributed by atoms with E-state index in [1.807, 2.05) is 0 Å². The zero-order valence-corrected chi connectivity index (χ0v) is 9.50. The molecule has 7 heteroatoms. The van der Waals surface area contributed by atoms with Gasteiger partial charge in [0.1, 0.15) is 11.9 Å². The van der Waals surface area contributed by atoms with Crippen LogP contribution >= 0.6 is 27.5 Å². The Morgan fingerprint density at radius 3 is 3.00 bits per heavy atom. The molecule has 0 saturated carbocycles. The topological polar surface area (TPSA) is 75.1 Å². The van der Waals surface area contributed by atoms with Crippen molar-refractivity contribution in [3.8, 4) is 0 Å². The summed E-state index contributed by atoms with van der Waals surface area (Å²) in [7, 11) is 0. The monoisotopic (exact) mass is 279 g/mol. The summed E-state index contributed by atoms with van der Waals surface area (Å²) in [6, 6.07) is -0.739. The van der Waals surface area contributed by atoms with Crippen molar-refractivity contribution in [1.29, 1.82) is 0 Å². The van der Waals surface area contributed by atoms with E-state index in [0.29, 0.717) is 10.3 Å². The molecule has 1 heterocycles. The van der Waals surface area contributed by atoms with E-state index in [1.165, 1.54) is 13.1 Å². The number of aromatic nitrogens is 2. The zero-order valence-electron chi connectivity index (χ0n) is 7.16. The Hall–Kier alpha value is -0.880. The van der Waals surface area contributed by atoms with E-state index in [0.717, 1.165) is 0 Å². The lowest BCUT2D eigenvalue weighted by atomic mass is 10.3.